The molecule has 1 heterocycles. The van der Waals surface area contributed by atoms with Gasteiger partial charge in [0.15, 0.2) is 5.78 Å². The second-order valence-corrected chi connectivity index (χ2v) is 4.93. The van der Waals surface area contributed by atoms with Gasteiger partial charge in [0.1, 0.15) is 0 Å². The second kappa shape index (κ2) is 11.4. The molecule has 1 N–H and O–H groups in total. The van der Waals surface area contributed by atoms with E-state index in [-0.39, 0.29) is 23.6 Å². The lowest BCUT2D eigenvalue weighted by molar-refractivity contribution is -0.135. The fraction of sp³-hybridized carbons (Fsp3) is 0.500. The van der Waals surface area contributed by atoms with Crippen molar-refractivity contribution in [3.63, 3.8) is 0 Å². The van der Waals surface area contributed by atoms with E-state index in [1.165, 1.54) is 6.92 Å². The van der Waals surface area contributed by atoms with E-state index in [1.807, 2.05) is 32.0 Å². The highest BCUT2D eigenvalue weighted by atomic mass is 16.2. The summed E-state index contributed by atoms with van der Waals surface area (Å²) in [5.74, 6) is 0.0843. The highest BCUT2D eigenvalue weighted by molar-refractivity contribution is 5.93. The molecule has 2 amide bonds. The predicted molar refractivity (Wildman–Crippen MR) is 92.3 cm³/mol. The highest BCUT2D eigenvalue weighted by Crippen LogP contribution is 2.17. The van der Waals surface area contributed by atoms with Crippen molar-refractivity contribution in [2.45, 2.75) is 46.6 Å². The number of amides is 2. The van der Waals surface area contributed by atoms with Crippen LogP contribution in [0.2, 0.25) is 0 Å². The minimum atomic E-state index is -0.132. The Morgan fingerprint density at radius 3 is 2.04 bits per heavy atom. The Bertz CT molecular complexity index is 480. The number of likely N-dealkylation sites (tertiary alicyclic amines) is 1. The molecule has 1 fully saturated rings. The summed E-state index contributed by atoms with van der Waals surface area (Å²) in [5.41, 5.74) is 0.699. The zero-order valence-electron chi connectivity index (χ0n) is 14.8. The van der Waals surface area contributed by atoms with Crippen LogP contribution >= 0.6 is 0 Å². The summed E-state index contributed by atoms with van der Waals surface area (Å²) in [7, 11) is 1.62. The minimum absolute atomic E-state index is 0.0164. The lowest BCUT2D eigenvalue weighted by Gasteiger charge is -2.20. The van der Waals surface area contributed by atoms with Gasteiger partial charge in [-0.25, -0.2) is 0 Å². The normalized spacial score (nSPS) is 15.5. The first-order valence-corrected chi connectivity index (χ1v) is 8.02. The van der Waals surface area contributed by atoms with Gasteiger partial charge in [0.2, 0.25) is 5.91 Å². The molecule has 0 bridgehead atoms. The van der Waals surface area contributed by atoms with Crippen LogP contribution in [0.4, 0.5) is 0 Å². The Balaban J connectivity index is 0.000000381. The highest BCUT2D eigenvalue weighted by Gasteiger charge is 2.29. The van der Waals surface area contributed by atoms with Crippen molar-refractivity contribution in [2.24, 2.45) is 0 Å². The average molecular weight is 320 g/mol. The van der Waals surface area contributed by atoms with E-state index in [4.69, 9.17) is 0 Å². The summed E-state index contributed by atoms with van der Waals surface area (Å²) in [6.45, 7) is 7.81. The molecule has 1 saturated heterocycles. The number of hydrogen-bond donors (Lipinski definition) is 1. The number of nitrogens with zero attached hydrogens (tertiary/aromatic N) is 1. The van der Waals surface area contributed by atoms with Gasteiger partial charge in [0, 0.05) is 26.1 Å². The zero-order chi connectivity index (χ0) is 17.8. The number of benzene rings is 1. The molecule has 128 valence electrons. The molecule has 1 atom stereocenters. The molecule has 1 aliphatic rings. The third kappa shape index (κ3) is 7.08. The maximum atomic E-state index is 11.0. The third-order valence-electron chi connectivity index (χ3n) is 3.39. The third-order valence-corrected chi connectivity index (χ3v) is 3.39. The molecule has 2 rings (SSSR count). The lowest BCUT2D eigenvalue weighted by atomic mass is 10.1. The van der Waals surface area contributed by atoms with Gasteiger partial charge < -0.3 is 10.2 Å². The molecule has 0 radical (unpaired) electrons. The molecule has 0 saturated carbocycles. The van der Waals surface area contributed by atoms with Crippen LogP contribution in [0.5, 0.6) is 0 Å². The molecular weight excluding hydrogens is 292 g/mol. The monoisotopic (exact) mass is 320 g/mol. The molecule has 23 heavy (non-hydrogen) atoms. The maximum Gasteiger partial charge on any atom is 0.251 e. The minimum Gasteiger partial charge on any atom is -0.355 e. The Kier molecular flexibility index (Phi) is 10.3. The number of ketones is 1. The summed E-state index contributed by atoms with van der Waals surface area (Å²) < 4.78 is 0. The van der Waals surface area contributed by atoms with E-state index in [1.54, 1.807) is 31.0 Å². The van der Waals surface area contributed by atoms with Gasteiger partial charge in [0.05, 0.1) is 6.04 Å². The molecule has 0 spiro atoms. The fourth-order valence-electron chi connectivity index (χ4n) is 2.30. The van der Waals surface area contributed by atoms with E-state index in [0.717, 1.165) is 19.4 Å². The summed E-state index contributed by atoms with van der Waals surface area (Å²) in [6, 6.07) is 8.98. The van der Waals surface area contributed by atoms with Gasteiger partial charge in [-0.3, -0.25) is 14.4 Å². The van der Waals surface area contributed by atoms with Gasteiger partial charge in [-0.15, -0.1) is 0 Å². The number of rotatable bonds is 2. The van der Waals surface area contributed by atoms with Crippen molar-refractivity contribution in [1.82, 2.24) is 10.2 Å². The van der Waals surface area contributed by atoms with Gasteiger partial charge >= 0.3 is 0 Å². The van der Waals surface area contributed by atoms with E-state index in [0.29, 0.717) is 5.56 Å². The molecule has 1 unspecified atom stereocenters. The Morgan fingerprint density at radius 2 is 1.65 bits per heavy atom. The number of nitrogens with one attached hydrogen (secondary N) is 1. The molecule has 1 aliphatic heterocycles. The molecule has 1 aromatic carbocycles. The van der Waals surface area contributed by atoms with Gasteiger partial charge in [-0.05, 0) is 31.9 Å². The number of hydrogen-bond acceptors (Lipinski definition) is 3. The fourth-order valence-corrected chi connectivity index (χ4v) is 2.30. The predicted octanol–water partition coefficient (Wildman–Crippen LogP) is 2.66. The van der Waals surface area contributed by atoms with Gasteiger partial charge in [0.25, 0.3) is 5.91 Å². The van der Waals surface area contributed by atoms with Crippen LogP contribution in [-0.2, 0) is 9.59 Å². The van der Waals surface area contributed by atoms with Crippen molar-refractivity contribution < 1.29 is 14.4 Å². The maximum absolute atomic E-state index is 11.0. The second-order valence-electron chi connectivity index (χ2n) is 4.93. The van der Waals surface area contributed by atoms with Crippen LogP contribution in [-0.4, -0.2) is 42.1 Å². The average Bonchev–Trinajstić information content (AvgIpc) is 3.08. The van der Waals surface area contributed by atoms with Crippen molar-refractivity contribution in [1.29, 1.82) is 0 Å². The first-order valence-electron chi connectivity index (χ1n) is 8.02. The van der Waals surface area contributed by atoms with Crippen LogP contribution in [0.1, 0.15) is 50.9 Å². The zero-order valence-corrected chi connectivity index (χ0v) is 14.8. The largest absolute Gasteiger partial charge is 0.355 e. The molecule has 0 aliphatic carbocycles. The Morgan fingerprint density at radius 1 is 1.09 bits per heavy atom. The quantitative estimate of drug-likeness (QED) is 0.911. The SMILES string of the molecule is CC.CC(=O)C1CCCN1C(C)=O.CNC(=O)c1ccccc1. The van der Waals surface area contributed by atoms with Crippen LogP contribution in [0, 0.1) is 0 Å². The van der Waals surface area contributed by atoms with Crippen LogP contribution < -0.4 is 5.32 Å². The van der Waals surface area contributed by atoms with Crippen molar-refractivity contribution in [2.75, 3.05) is 13.6 Å². The van der Waals surface area contributed by atoms with E-state index < -0.39 is 0 Å². The number of Topliss-reactive ketones (excluding diaryl/α,β-unsaturated/α-hetero) is 1. The van der Waals surface area contributed by atoms with Crippen LogP contribution in [0.25, 0.3) is 0 Å². The van der Waals surface area contributed by atoms with Gasteiger partial charge in [-0.1, -0.05) is 32.0 Å². The Labute approximate surface area is 139 Å². The van der Waals surface area contributed by atoms with Crippen LogP contribution in [0.3, 0.4) is 0 Å². The van der Waals surface area contributed by atoms with Crippen molar-refractivity contribution >= 4 is 17.6 Å². The topological polar surface area (TPSA) is 66.5 Å². The van der Waals surface area contributed by atoms with Crippen molar-refractivity contribution in [3.05, 3.63) is 35.9 Å². The molecular formula is C18H28N2O3. The van der Waals surface area contributed by atoms with Crippen LogP contribution in [0.15, 0.2) is 30.3 Å². The summed E-state index contributed by atoms with van der Waals surface area (Å²) in [4.78, 5) is 34.5. The molecule has 5 heteroatoms. The first-order chi connectivity index (χ1) is 11.0. The smallest absolute Gasteiger partial charge is 0.251 e. The number of carbonyl (C=O) groups is 3. The Hall–Kier alpha value is -2.17. The summed E-state index contributed by atoms with van der Waals surface area (Å²) in [6.07, 6.45) is 1.80. The summed E-state index contributed by atoms with van der Waals surface area (Å²) in [5, 5.41) is 2.54. The van der Waals surface area contributed by atoms with E-state index in [9.17, 15) is 14.4 Å². The summed E-state index contributed by atoms with van der Waals surface area (Å²) >= 11 is 0. The standard InChI is InChI=1S/C8H13NO2.C8H9NO.C2H6/c1-6(10)8-4-3-5-9(8)7(2)11;1-9-8(10)7-5-3-2-4-6-7;1-2/h8H,3-5H2,1-2H3;2-6H,1H3,(H,9,10);1-2H3. The van der Waals surface area contributed by atoms with Crippen molar-refractivity contribution in [3.8, 4) is 0 Å². The number of carbonyl (C=O) groups excluding carboxylic acids is 3. The van der Waals surface area contributed by atoms with Gasteiger partial charge in [-0.2, -0.15) is 0 Å². The lowest BCUT2D eigenvalue weighted by Crippen LogP contribution is -2.37. The molecule has 1 aromatic rings. The molecule has 5 nitrogen and oxygen atoms in total. The van der Waals surface area contributed by atoms with E-state index >= 15 is 0 Å². The van der Waals surface area contributed by atoms with E-state index in [2.05, 4.69) is 5.32 Å². The molecule has 0 aromatic heterocycles. The first kappa shape index (κ1) is 20.8.